The molecule has 0 saturated heterocycles. The number of hydrogen-bond donors (Lipinski definition) is 1. The molecule has 106 valence electrons. The summed E-state index contributed by atoms with van der Waals surface area (Å²) >= 11 is 5.64. The van der Waals surface area contributed by atoms with Crippen molar-refractivity contribution >= 4 is 29.4 Å². The van der Waals surface area contributed by atoms with Crippen LogP contribution in [0, 0.1) is 0 Å². The lowest BCUT2D eigenvalue weighted by Crippen LogP contribution is -2.09. The molecule has 2 heterocycles. The van der Waals surface area contributed by atoms with Crippen LogP contribution in [0.4, 0.5) is 5.82 Å². The van der Waals surface area contributed by atoms with Crippen LogP contribution in [0.25, 0.3) is 6.08 Å². The van der Waals surface area contributed by atoms with Crippen molar-refractivity contribution in [2.24, 2.45) is 0 Å². The van der Waals surface area contributed by atoms with Gasteiger partial charge in [0.25, 0.3) is 0 Å². The third kappa shape index (κ3) is 3.29. The molecule has 0 radical (unpaired) electrons. The summed E-state index contributed by atoms with van der Waals surface area (Å²) in [5.41, 5.74) is 0.829. The number of carbonyl (C=O) groups excluding carboxylic acids is 1. The van der Waals surface area contributed by atoms with Crippen molar-refractivity contribution in [2.75, 3.05) is 12.1 Å². The van der Waals surface area contributed by atoms with E-state index in [1.54, 1.807) is 24.3 Å². The summed E-state index contributed by atoms with van der Waals surface area (Å²) in [7, 11) is 0. The zero-order valence-electron chi connectivity index (χ0n) is 10.7. The summed E-state index contributed by atoms with van der Waals surface area (Å²) in [6.45, 7) is 0.220. The van der Waals surface area contributed by atoms with Crippen molar-refractivity contribution in [2.45, 2.75) is 0 Å². The molecule has 0 fully saturated rings. The molecule has 1 aliphatic rings. The average molecular weight is 304 g/mol. The largest absolute Gasteiger partial charge is 0.454 e. The second-order valence-corrected chi connectivity index (χ2v) is 4.48. The number of ether oxygens (including phenoxy) is 2. The lowest BCUT2D eigenvalue weighted by Gasteiger charge is -2.01. The minimum atomic E-state index is -0.317. The Hall–Kier alpha value is -2.60. The van der Waals surface area contributed by atoms with E-state index >= 15 is 0 Å². The fraction of sp³-hybridized carbons (Fsp3) is 0.0714. The molecule has 0 saturated carbocycles. The number of nitrogens with one attached hydrogen (secondary N) is 1. The number of rotatable bonds is 3. The van der Waals surface area contributed by atoms with Gasteiger partial charge in [-0.25, -0.2) is 9.97 Å². The summed E-state index contributed by atoms with van der Waals surface area (Å²) in [6, 6.07) is 6.98. The van der Waals surface area contributed by atoms with E-state index in [2.05, 4.69) is 15.3 Å². The Morgan fingerprint density at radius 1 is 1.29 bits per heavy atom. The lowest BCUT2D eigenvalue weighted by molar-refractivity contribution is -0.111. The quantitative estimate of drug-likeness (QED) is 0.696. The number of halogens is 1. The molecular formula is C14H10ClN3O3. The van der Waals surface area contributed by atoms with Gasteiger partial charge >= 0.3 is 0 Å². The zero-order chi connectivity index (χ0) is 14.7. The third-order valence-electron chi connectivity index (χ3n) is 2.70. The third-order valence-corrected chi connectivity index (χ3v) is 2.88. The normalized spacial score (nSPS) is 12.6. The van der Waals surface area contributed by atoms with Gasteiger partial charge in [0.15, 0.2) is 11.5 Å². The number of fused-ring (bicyclic) bond motifs is 1. The van der Waals surface area contributed by atoms with Gasteiger partial charge in [0.2, 0.25) is 18.0 Å². The van der Waals surface area contributed by atoms with E-state index in [4.69, 9.17) is 21.1 Å². The molecule has 0 aliphatic carbocycles. The number of nitrogens with zero attached hydrogens (tertiary/aromatic N) is 2. The smallest absolute Gasteiger partial charge is 0.249 e. The van der Waals surface area contributed by atoms with Crippen molar-refractivity contribution in [1.82, 2.24) is 9.97 Å². The van der Waals surface area contributed by atoms with Gasteiger partial charge in [0.1, 0.15) is 5.82 Å². The monoisotopic (exact) mass is 303 g/mol. The summed E-state index contributed by atoms with van der Waals surface area (Å²) in [4.78, 5) is 19.4. The van der Waals surface area contributed by atoms with Gasteiger partial charge in [-0.05, 0) is 41.4 Å². The highest BCUT2D eigenvalue weighted by atomic mass is 35.5. The van der Waals surface area contributed by atoms with Crippen molar-refractivity contribution in [3.63, 3.8) is 0 Å². The Morgan fingerprint density at radius 2 is 2.14 bits per heavy atom. The number of benzene rings is 1. The number of amides is 1. The maximum atomic E-state index is 11.8. The first kappa shape index (κ1) is 13.4. The second kappa shape index (κ2) is 5.80. The first-order valence-corrected chi connectivity index (χ1v) is 6.46. The fourth-order valence-corrected chi connectivity index (χ4v) is 1.91. The summed E-state index contributed by atoms with van der Waals surface area (Å²) in [5, 5.41) is 2.66. The molecule has 2 aromatic rings. The summed E-state index contributed by atoms with van der Waals surface area (Å²) < 4.78 is 10.5. The SMILES string of the molecule is O=C(/C=C/c1ccc2c(c1)OCO2)Nc1ccnc(Cl)n1. The minimum Gasteiger partial charge on any atom is -0.454 e. The predicted molar refractivity (Wildman–Crippen MR) is 77.3 cm³/mol. The molecular weight excluding hydrogens is 294 g/mol. The molecule has 1 amide bonds. The lowest BCUT2D eigenvalue weighted by atomic mass is 10.2. The van der Waals surface area contributed by atoms with Gasteiger partial charge < -0.3 is 14.8 Å². The van der Waals surface area contributed by atoms with Crippen LogP contribution >= 0.6 is 11.6 Å². The van der Waals surface area contributed by atoms with Gasteiger partial charge in [0.05, 0.1) is 0 Å². The Kier molecular flexibility index (Phi) is 3.70. The number of aromatic nitrogens is 2. The molecule has 6 nitrogen and oxygen atoms in total. The molecule has 3 rings (SSSR count). The van der Waals surface area contributed by atoms with Crippen LogP contribution in [0.15, 0.2) is 36.5 Å². The first-order valence-electron chi connectivity index (χ1n) is 6.08. The molecule has 1 aromatic carbocycles. The van der Waals surface area contributed by atoms with Gasteiger partial charge in [-0.2, -0.15) is 0 Å². The maximum Gasteiger partial charge on any atom is 0.249 e. The number of anilines is 1. The van der Waals surface area contributed by atoms with Gasteiger partial charge in [-0.1, -0.05) is 6.07 Å². The fourth-order valence-electron chi connectivity index (χ4n) is 1.76. The number of hydrogen-bond acceptors (Lipinski definition) is 5. The van der Waals surface area contributed by atoms with Crippen molar-refractivity contribution < 1.29 is 14.3 Å². The molecule has 0 unspecified atom stereocenters. The van der Waals surface area contributed by atoms with Crippen LogP contribution in [0.3, 0.4) is 0 Å². The summed E-state index contributed by atoms with van der Waals surface area (Å²) in [6.07, 6.45) is 4.53. The van der Waals surface area contributed by atoms with E-state index in [0.29, 0.717) is 17.3 Å². The highest BCUT2D eigenvalue weighted by Gasteiger charge is 2.12. The van der Waals surface area contributed by atoms with E-state index in [1.165, 1.54) is 12.3 Å². The minimum absolute atomic E-state index is 0.0764. The van der Waals surface area contributed by atoms with Crippen molar-refractivity contribution in [3.8, 4) is 11.5 Å². The molecule has 0 atom stereocenters. The van der Waals surface area contributed by atoms with E-state index in [-0.39, 0.29) is 18.0 Å². The molecule has 1 aromatic heterocycles. The van der Waals surface area contributed by atoms with E-state index in [1.807, 2.05) is 6.07 Å². The van der Waals surface area contributed by atoms with Crippen LogP contribution < -0.4 is 14.8 Å². The topological polar surface area (TPSA) is 73.3 Å². The van der Waals surface area contributed by atoms with Gasteiger partial charge in [0, 0.05) is 12.3 Å². The molecule has 1 N–H and O–H groups in total. The van der Waals surface area contributed by atoms with Crippen LogP contribution in [0.5, 0.6) is 11.5 Å². The first-order chi connectivity index (χ1) is 10.2. The van der Waals surface area contributed by atoms with Crippen molar-refractivity contribution in [1.29, 1.82) is 0 Å². The van der Waals surface area contributed by atoms with Gasteiger partial charge in [-0.15, -0.1) is 0 Å². The van der Waals surface area contributed by atoms with E-state index < -0.39 is 0 Å². The molecule has 7 heteroatoms. The Morgan fingerprint density at radius 3 is 3.00 bits per heavy atom. The summed E-state index contributed by atoms with van der Waals surface area (Å²) in [5.74, 6) is 1.39. The van der Waals surface area contributed by atoms with Crippen molar-refractivity contribution in [3.05, 3.63) is 47.4 Å². The van der Waals surface area contributed by atoms with Crippen LogP contribution in [-0.4, -0.2) is 22.7 Å². The average Bonchev–Trinajstić information content (AvgIpc) is 2.92. The maximum absolute atomic E-state index is 11.8. The standard InChI is InChI=1S/C14H10ClN3O3/c15-14-16-6-5-12(18-14)17-13(19)4-2-9-1-3-10-11(7-9)21-8-20-10/h1-7H,8H2,(H,16,17,18,19)/b4-2+. The van der Waals surface area contributed by atoms with E-state index in [0.717, 1.165) is 5.56 Å². The van der Waals surface area contributed by atoms with Crippen LogP contribution in [0.1, 0.15) is 5.56 Å². The number of carbonyl (C=O) groups is 1. The Bertz CT molecular complexity index is 718. The Balaban J connectivity index is 1.67. The zero-order valence-corrected chi connectivity index (χ0v) is 11.5. The molecule has 21 heavy (non-hydrogen) atoms. The van der Waals surface area contributed by atoms with Gasteiger partial charge in [-0.3, -0.25) is 4.79 Å². The highest BCUT2D eigenvalue weighted by Crippen LogP contribution is 2.32. The van der Waals surface area contributed by atoms with E-state index in [9.17, 15) is 4.79 Å². The molecule has 0 bridgehead atoms. The second-order valence-electron chi connectivity index (χ2n) is 4.15. The highest BCUT2D eigenvalue weighted by molar-refractivity contribution is 6.28. The molecule has 0 spiro atoms. The Labute approximate surface area is 125 Å². The predicted octanol–water partition coefficient (Wildman–Crippen LogP) is 2.51. The van der Waals surface area contributed by atoms with Crippen LogP contribution in [0.2, 0.25) is 5.28 Å². The molecule has 1 aliphatic heterocycles. The van der Waals surface area contributed by atoms with Crippen LogP contribution in [-0.2, 0) is 4.79 Å².